The van der Waals surface area contributed by atoms with Crippen LogP contribution in [0.1, 0.15) is 67.2 Å². The van der Waals surface area contributed by atoms with Crippen LogP contribution in [0.2, 0.25) is 0 Å². The maximum atomic E-state index is 12.3. The minimum Gasteiger partial charge on any atom is -0.356 e. The molecule has 0 aromatic heterocycles. The Kier molecular flexibility index (Phi) is 6.97. The van der Waals surface area contributed by atoms with Gasteiger partial charge in [0.25, 0.3) is 11.8 Å². The molecule has 0 bridgehead atoms. The number of rotatable bonds is 6. The molecule has 0 aliphatic carbocycles. The van der Waals surface area contributed by atoms with Crippen molar-refractivity contribution in [1.82, 2.24) is 20.4 Å². The van der Waals surface area contributed by atoms with E-state index in [0.717, 1.165) is 12.8 Å². The molecule has 2 N–H and O–H groups in total. The minimum absolute atomic E-state index is 0.0388. The molecule has 1 aromatic carbocycles. The van der Waals surface area contributed by atoms with Gasteiger partial charge >= 0.3 is 6.03 Å². The Bertz CT molecular complexity index is 818. The Morgan fingerprint density at radius 1 is 1.03 bits per heavy atom. The fourth-order valence-corrected chi connectivity index (χ4v) is 3.93. The van der Waals surface area contributed by atoms with Gasteiger partial charge in [-0.1, -0.05) is 12.1 Å². The average Bonchev–Trinajstić information content (AvgIpc) is 2.96. The summed E-state index contributed by atoms with van der Waals surface area (Å²) in [6.45, 7) is 8.07. The molecule has 0 radical (unpaired) electrons. The first-order valence-electron chi connectivity index (χ1n) is 10.9. The number of benzene rings is 1. The number of hydrogen-bond donors (Lipinski definition) is 2. The Morgan fingerprint density at radius 2 is 1.61 bits per heavy atom. The van der Waals surface area contributed by atoms with Crippen LogP contribution in [0.3, 0.4) is 0 Å². The highest BCUT2D eigenvalue weighted by Gasteiger charge is 2.34. The number of fused-ring (bicyclic) bond motifs is 1. The first kappa shape index (κ1) is 22.8. The SMILES string of the molecule is CC(C)(C)NC(=O)N1CCC(CNC(=O)CCCN2C(=O)c3ccccc3C2=O)CC1. The van der Waals surface area contributed by atoms with Gasteiger partial charge in [0.05, 0.1) is 11.1 Å². The molecule has 31 heavy (non-hydrogen) atoms. The van der Waals surface area contributed by atoms with Crippen molar-refractivity contribution in [1.29, 1.82) is 0 Å². The third-order valence-corrected chi connectivity index (χ3v) is 5.64. The van der Waals surface area contributed by atoms with Gasteiger partial charge in [0, 0.05) is 38.1 Å². The van der Waals surface area contributed by atoms with Gasteiger partial charge in [-0.25, -0.2) is 4.79 Å². The molecular formula is C23H32N4O4. The summed E-state index contributed by atoms with van der Waals surface area (Å²) in [6.07, 6.45) is 2.41. The molecule has 0 saturated carbocycles. The van der Waals surface area contributed by atoms with Crippen LogP contribution in [0.15, 0.2) is 24.3 Å². The summed E-state index contributed by atoms with van der Waals surface area (Å²) in [5.41, 5.74) is 0.605. The second-order valence-corrected chi connectivity index (χ2v) is 9.33. The van der Waals surface area contributed by atoms with Crippen LogP contribution >= 0.6 is 0 Å². The van der Waals surface area contributed by atoms with Gasteiger partial charge in [0.2, 0.25) is 5.91 Å². The normalized spacial score (nSPS) is 17.0. The van der Waals surface area contributed by atoms with Crippen LogP contribution in [-0.2, 0) is 4.79 Å². The molecule has 1 saturated heterocycles. The van der Waals surface area contributed by atoms with Gasteiger partial charge in [0.1, 0.15) is 0 Å². The zero-order chi connectivity index (χ0) is 22.6. The van der Waals surface area contributed by atoms with E-state index in [1.807, 2.05) is 25.7 Å². The van der Waals surface area contributed by atoms with Crippen molar-refractivity contribution in [2.75, 3.05) is 26.2 Å². The predicted molar refractivity (Wildman–Crippen MR) is 117 cm³/mol. The molecule has 2 heterocycles. The Balaban J connectivity index is 1.33. The van der Waals surface area contributed by atoms with Crippen LogP contribution in [-0.4, -0.2) is 65.3 Å². The van der Waals surface area contributed by atoms with Crippen LogP contribution in [0, 0.1) is 5.92 Å². The van der Waals surface area contributed by atoms with E-state index in [2.05, 4.69) is 10.6 Å². The lowest BCUT2D eigenvalue weighted by molar-refractivity contribution is -0.121. The van der Waals surface area contributed by atoms with E-state index in [1.54, 1.807) is 24.3 Å². The van der Waals surface area contributed by atoms with Gasteiger partial charge in [-0.05, 0) is 58.1 Å². The number of imide groups is 1. The van der Waals surface area contributed by atoms with Crippen LogP contribution in [0.4, 0.5) is 4.79 Å². The first-order valence-corrected chi connectivity index (χ1v) is 10.9. The molecule has 0 atom stereocenters. The monoisotopic (exact) mass is 428 g/mol. The van der Waals surface area contributed by atoms with Crippen LogP contribution in [0.25, 0.3) is 0 Å². The molecule has 1 fully saturated rings. The van der Waals surface area contributed by atoms with Crippen molar-refractivity contribution in [2.24, 2.45) is 5.92 Å². The number of urea groups is 1. The van der Waals surface area contributed by atoms with Gasteiger partial charge in [0.15, 0.2) is 0 Å². The van der Waals surface area contributed by atoms with E-state index in [0.29, 0.717) is 43.1 Å². The third kappa shape index (κ3) is 5.83. The quantitative estimate of drug-likeness (QED) is 0.680. The number of nitrogens with one attached hydrogen (secondary N) is 2. The number of hydrogen-bond acceptors (Lipinski definition) is 4. The molecule has 5 amide bonds. The van der Waals surface area contributed by atoms with Crippen molar-refractivity contribution in [3.63, 3.8) is 0 Å². The van der Waals surface area contributed by atoms with Gasteiger partial charge in [-0.3, -0.25) is 19.3 Å². The van der Waals surface area contributed by atoms with E-state index in [4.69, 9.17) is 0 Å². The summed E-state index contributed by atoms with van der Waals surface area (Å²) in [6, 6.07) is 6.74. The number of carbonyl (C=O) groups is 4. The minimum atomic E-state index is -0.289. The van der Waals surface area contributed by atoms with E-state index in [1.165, 1.54) is 4.90 Å². The highest BCUT2D eigenvalue weighted by atomic mass is 16.2. The van der Waals surface area contributed by atoms with Crippen molar-refractivity contribution in [2.45, 2.75) is 52.0 Å². The van der Waals surface area contributed by atoms with Gasteiger partial charge in [-0.15, -0.1) is 0 Å². The van der Waals surface area contributed by atoms with E-state index in [9.17, 15) is 19.2 Å². The second-order valence-electron chi connectivity index (χ2n) is 9.33. The average molecular weight is 429 g/mol. The second kappa shape index (κ2) is 9.49. The molecular weight excluding hydrogens is 396 g/mol. The van der Waals surface area contributed by atoms with Gasteiger partial charge in [-0.2, -0.15) is 0 Å². The van der Waals surface area contributed by atoms with E-state index in [-0.39, 0.29) is 42.3 Å². The summed E-state index contributed by atoms with van der Waals surface area (Å²) in [7, 11) is 0. The number of carbonyl (C=O) groups excluding carboxylic acids is 4. The topological polar surface area (TPSA) is 98.8 Å². The molecule has 1 aromatic rings. The molecule has 8 nitrogen and oxygen atoms in total. The molecule has 2 aliphatic rings. The number of nitrogens with zero attached hydrogens (tertiary/aromatic N) is 2. The number of piperidine rings is 1. The maximum Gasteiger partial charge on any atom is 0.317 e. The summed E-state index contributed by atoms with van der Waals surface area (Å²) in [5, 5.41) is 5.93. The highest BCUT2D eigenvalue weighted by molar-refractivity contribution is 6.21. The van der Waals surface area contributed by atoms with Crippen molar-refractivity contribution in [3.8, 4) is 0 Å². The smallest absolute Gasteiger partial charge is 0.317 e. The molecule has 168 valence electrons. The summed E-state index contributed by atoms with van der Waals surface area (Å²) >= 11 is 0. The Labute approximate surface area is 183 Å². The fraction of sp³-hybridized carbons (Fsp3) is 0.565. The number of likely N-dealkylation sites (tertiary alicyclic amines) is 1. The van der Waals surface area contributed by atoms with E-state index >= 15 is 0 Å². The highest BCUT2D eigenvalue weighted by Crippen LogP contribution is 2.22. The predicted octanol–water partition coefficient (Wildman–Crippen LogP) is 2.40. The lowest BCUT2D eigenvalue weighted by Crippen LogP contribution is -2.51. The van der Waals surface area contributed by atoms with Gasteiger partial charge < -0.3 is 15.5 Å². The fourth-order valence-electron chi connectivity index (χ4n) is 3.93. The maximum absolute atomic E-state index is 12.3. The summed E-state index contributed by atoms with van der Waals surface area (Å²) in [5.74, 6) is -0.310. The van der Waals surface area contributed by atoms with Crippen molar-refractivity contribution >= 4 is 23.8 Å². The van der Waals surface area contributed by atoms with Crippen LogP contribution in [0.5, 0.6) is 0 Å². The molecule has 8 heteroatoms. The summed E-state index contributed by atoms with van der Waals surface area (Å²) in [4.78, 5) is 52.1. The lowest BCUT2D eigenvalue weighted by Gasteiger charge is -2.34. The molecule has 0 spiro atoms. The van der Waals surface area contributed by atoms with E-state index < -0.39 is 0 Å². The molecule has 3 rings (SSSR count). The Morgan fingerprint density at radius 3 is 2.16 bits per heavy atom. The largest absolute Gasteiger partial charge is 0.356 e. The van der Waals surface area contributed by atoms with Crippen LogP contribution < -0.4 is 10.6 Å². The van der Waals surface area contributed by atoms with Crippen molar-refractivity contribution < 1.29 is 19.2 Å². The zero-order valence-electron chi connectivity index (χ0n) is 18.6. The molecule has 0 unspecified atom stereocenters. The molecule has 2 aliphatic heterocycles. The lowest BCUT2D eigenvalue weighted by atomic mass is 9.97. The number of amides is 5. The standard InChI is InChI=1S/C23H32N4O4/c1-23(2,3)25-22(31)26-13-10-16(11-14-26)15-24-19(28)9-6-12-27-20(29)17-7-4-5-8-18(17)21(27)30/h4-5,7-8,16H,6,9-15H2,1-3H3,(H,24,28)(H,25,31). The third-order valence-electron chi connectivity index (χ3n) is 5.64. The first-order chi connectivity index (χ1) is 14.7. The summed E-state index contributed by atoms with van der Waals surface area (Å²) < 4.78 is 0. The Hall–Kier alpha value is -2.90. The van der Waals surface area contributed by atoms with Crippen molar-refractivity contribution in [3.05, 3.63) is 35.4 Å². The zero-order valence-corrected chi connectivity index (χ0v) is 18.6.